The van der Waals surface area contributed by atoms with E-state index in [1.165, 1.54) is 19.2 Å². The van der Waals surface area contributed by atoms with Gasteiger partial charge in [-0.15, -0.1) is 4.33 Å². The van der Waals surface area contributed by atoms with Gasteiger partial charge in [0.1, 0.15) is 11.6 Å². The number of allylic oxidation sites excluding steroid dienone is 4. The van der Waals surface area contributed by atoms with Crippen molar-refractivity contribution in [3.63, 3.8) is 0 Å². The number of amides is 5. The molecular formula is C26H31N5O8S. The van der Waals surface area contributed by atoms with E-state index in [0.717, 1.165) is 34.1 Å². The molecule has 0 aromatic heterocycles. The number of unbranched alkanes of at least 4 members (excludes halogenated alkanes) is 1. The van der Waals surface area contributed by atoms with Crippen molar-refractivity contribution >= 4 is 41.5 Å². The first-order valence-corrected chi connectivity index (χ1v) is 13.4. The van der Waals surface area contributed by atoms with E-state index in [9.17, 15) is 19.2 Å². The number of carbonyl (C=O) groups excluding carboxylic acids is 4. The maximum atomic E-state index is 13.0. The van der Waals surface area contributed by atoms with Crippen LogP contribution in [0.3, 0.4) is 0 Å². The fourth-order valence-electron chi connectivity index (χ4n) is 4.44. The maximum absolute atomic E-state index is 13.0. The van der Waals surface area contributed by atoms with Crippen LogP contribution in [0.15, 0.2) is 58.9 Å². The van der Waals surface area contributed by atoms with E-state index in [1.807, 2.05) is 7.05 Å². The molecule has 0 saturated carbocycles. The van der Waals surface area contributed by atoms with Crippen LogP contribution in [0.4, 0.5) is 10.5 Å². The van der Waals surface area contributed by atoms with Crippen LogP contribution in [0.5, 0.6) is 5.75 Å². The molecule has 4 rings (SSSR count). The fraction of sp³-hybridized carbons (Fsp3) is 0.385. The number of benzene rings is 1. The Hall–Kier alpha value is -3.69. The van der Waals surface area contributed by atoms with Crippen LogP contribution in [0.2, 0.25) is 0 Å². The highest BCUT2D eigenvalue weighted by molar-refractivity contribution is 7.94. The van der Waals surface area contributed by atoms with Crippen LogP contribution < -0.4 is 15.0 Å². The molecule has 3 aliphatic rings. The Labute approximate surface area is 235 Å². The number of nitrogens with one attached hydrogen (secondary N) is 1. The number of carbonyl (C=O) groups is 4. The van der Waals surface area contributed by atoms with E-state index >= 15 is 0 Å². The maximum Gasteiger partial charge on any atom is 0.333 e. The quantitative estimate of drug-likeness (QED) is 0.0683. The van der Waals surface area contributed by atoms with Gasteiger partial charge in [0.05, 0.1) is 17.7 Å². The van der Waals surface area contributed by atoms with E-state index in [2.05, 4.69) is 14.7 Å². The molecule has 2 fully saturated rings. The first-order chi connectivity index (χ1) is 19.3. The van der Waals surface area contributed by atoms with Crippen LogP contribution in [0.25, 0.3) is 0 Å². The van der Waals surface area contributed by atoms with Gasteiger partial charge in [0, 0.05) is 38.6 Å². The normalized spacial score (nSPS) is 20.9. The second-order valence-corrected chi connectivity index (χ2v) is 10.0. The largest absolute Gasteiger partial charge is 0.439 e. The number of imide groups is 2. The summed E-state index contributed by atoms with van der Waals surface area (Å²) < 4.78 is 10.3. The van der Waals surface area contributed by atoms with Gasteiger partial charge in [-0.3, -0.25) is 24.2 Å². The molecule has 2 saturated heterocycles. The molecular weight excluding hydrogens is 542 g/mol. The third-order valence-electron chi connectivity index (χ3n) is 6.73. The second-order valence-electron chi connectivity index (χ2n) is 9.24. The number of fused-ring (bicyclic) bond motifs is 1. The Bertz CT molecular complexity index is 1270. The summed E-state index contributed by atoms with van der Waals surface area (Å²) in [5.41, 5.74) is 0.638. The lowest BCUT2D eigenvalue weighted by Crippen LogP contribution is -2.54. The Morgan fingerprint density at radius 1 is 1.05 bits per heavy atom. The summed E-state index contributed by atoms with van der Waals surface area (Å²) in [5, 5.41) is 15.0. The molecule has 5 amide bonds. The molecule has 214 valence electrons. The van der Waals surface area contributed by atoms with Gasteiger partial charge in [0.2, 0.25) is 5.91 Å². The van der Waals surface area contributed by atoms with Gasteiger partial charge in [-0.2, -0.15) is 0 Å². The summed E-state index contributed by atoms with van der Waals surface area (Å²) in [6.45, 7) is 1.56. The topological polar surface area (TPSA) is 141 Å². The zero-order valence-corrected chi connectivity index (χ0v) is 23.2. The predicted octanol–water partition coefficient (Wildman–Crippen LogP) is 2.29. The minimum absolute atomic E-state index is 0.0911. The average Bonchev–Trinajstić information content (AvgIpc) is 3.46. The number of anilines is 1. The summed E-state index contributed by atoms with van der Waals surface area (Å²) in [4.78, 5) is 56.4. The number of rotatable bonds is 13. The van der Waals surface area contributed by atoms with Gasteiger partial charge in [0.25, 0.3) is 11.8 Å². The molecule has 0 spiro atoms. The summed E-state index contributed by atoms with van der Waals surface area (Å²) in [6, 6.07) is 4.50. The molecule has 14 heteroatoms. The molecule has 3 heterocycles. The Morgan fingerprint density at radius 2 is 1.82 bits per heavy atom. The van der Waals surface area contributed by atoms with Crippen molar-refractivity contribution in [1.29, 1.82) is 0 Å². The van der Waals surface area contributed by atoms with E-state index in [0.29, 0.717) is 42.3 Å². The van der Waals surface area contributed by atoms with E-state index in [-0.39, 0.29) is 24.1 Å². The van der Waals surface area contributed by atoms with Crippen molar-refractivity contribution < 1.29 is 38.5 Å². The molecule has 40 heavy (non-hydrogen) atoms. The van der Waals surface area contributed by atoms with Gasteiger partial charge in [-0.05, 0) is 56.7 Å². The standard InChI is InChI=1S/C26H31N5O8S/c1-27-13-15-30-19(25(30)34)9-6-7-14-31-24(33)18(23(32)29(3)26(31)35)8-4-5-10-22-28(2)20-16-17(40-39-38-36)11-12-21(20)37-22/h4-5,8,10-12,16,19,27,36H,6-7,9,13-15H2,1-3H3. The minimum atomic E-state index is -0.673. The molecule has 1 aromatic carbocycles. The number of ether oxygens (including phenoxy) is 1. The summed E-state index contributed by atoms with van der Waals surface area (Å²) in [7, 11) is 4.97. The number of hydrogen-bond acceptors (Lipinski definition) is 11. The highest BCUT2D eigenvalue weighted by atomic mass is 32.2. The average molecular weight is 574 g/mol. The molecule has 1 unspecified atom stereocenters. The van der Waals surface area contributed by atoms with Crippen molar-refractivity contribution in [3.8, 4) is 5.75 Å². The van der Waals surface area contributed by atoms with Crippen LogP contribution in [-0.4, -0.2) is 90.5 Å². The zero-order chi connectivity index (χ0) is 28.8. The first-order valence-electron chi connectivity index (χ1n) is 12.7. The number of barbiturate groups is 1. The number of urea groups is 1. The lowest BCUT2D eigenvalue weighted by Gasteiger charge is -2.31. The molecule has 1 atom stereocenters. The van der Waals surface area contributed by atoms with Gasteiger partial charge >= 0.3 is 6.03 Å². The first kappa shape index (κ1) is 29.3. The van der Waals surface area contributed by atoms with Gasteiger partial charge in [-0.25, -0.2) is 10.1 Å². The molecule has 0 aliphatic carbocycles. The predicted molar refractivity (Wildman–Crippen MR) is 145 cm³/mol. The molecule has 0 bridgehead atoms. The molecule has 3 aliphatic heterocycles. The Kier molecular flexibility index (Phi) is 9.60. The smallest absolute Gasteiger partial charge is 0.333 e. The second kappa shape index (κ2) is 13.1. The van der Waals surface area contributed by atoms with Gasteiger partial charge < -0.3 is 19.9 Å². The third kappa shape index (κ3) is 6.37. The zero-order valence-electron chi connectivity index (χ0n) is 22.4. The van der Waals surface area contributed by atoms with Crippen molar-refractivity contribution in [2.24, 2.45) is 0 Å². The molecule has 0 radical (unpaired) electrons. The SMILES string of the molecule is CNCCN1C(=O)C1CCCCN1C(=O)C(=CC=CC=C2Oc3ccc(SOOO)cc3N2C)C(=O)N(C)C1=O. The Morgan fingerprint density at radius 3 is 2.58 bits per heavy atom. The summed E-state index contributed by atoms with van der Waals surface area (Å²) in [5.74, 6) is -0.0838. The monoisotopic (exact) mass is 573 g/mol. The number of likely N-dealkylation sites (N-methyl/N-ethyl adjacent to an activating group) is 2. The molecule has 13 nitrogen and oxygen atoms in total. The van der Waals surface area contributed by atoms with Crippen LogP contribution in [-0.2, 0) is 23.8 Å². The van der Waals surface area contributed by atoms with Gasteiger partial charge in [0.15, 0.2) is 11.6 Å². The highest BCUT2D eigenvalue weighted by Crippen LogP contribution is 2.40. The number of nitrogens with zero attached hydrogens (tertiary/aromatic N) is 4. The van der Waals surface area contributed by atoms with Crippen molar-refractivity contribution in [2.75, 3.05) is 45.7 Å². The molecule has 1 aromatic rings. The molecule has 2 N–H and O–H groups in total. The van der Waals surface area contributed by atoms with E-state index < -0.39 is 17.8 Å². The van der Waals surface area contributed by atoms with Crippen molar-refractivity contribution in [1.82, 2.24) is 20.0 Å². The van der Waals surface area contributed by atoms with E-state index in [1.54, 1.807) is 47.2 Å². The fourth-order valence-corrected chi connectivity index (χ4v) is 4.84. The lowest BCUT2D eigenvalue weighted by molar-refractivity contribution is -0.432. The third-order valence-corrected chi connectivity index (χ3v) is 7.30. The minimum Gasteiger partial charge on any atom is -0.439 e. The van der Waals surface area contributed by atoms with Crippen LogP contribution >= 0.6 is 12.0 Å². The van der Waals surface area contributed by atoms with Gasteiger partial charge in [-0.1, -0.05) is 17.2 Å². The highest BCUT2D eigenvalue weighted by Gasteiger charge is 2.44. The van der Waals surface area contributed by atoms with E-state index in [4.69, 9.17) is 9.99 Å². The van der Waals surface area contributed by atoms with Crippen LogP contribution in [0.1, 0.15) is 19.3 Å². The summed E-state index contributed by atoms with van der Waals surface area (Å²) in [6.07, 6.45) is 8.07. The lowest BCUT2D eigenvalue weighted by atomic mass is 10.1. The Balaban J connectivity index is 1.34. The van der Waals surface area contributed by atoms with Crippen LogP contribution in [0, 0.1) is 0 Å². The number of hydrogen-bond donors (Lipinski definition) is 2. The summed E-state index contributed by atoms with van der Waals surface area (Å²) >= 11 is 0.831. The van der Waals surface area contributed by atoms with Crippen molar-refractivity contribution in [3.05, 3.63) is 54.0 Å². The van der Waals surface area contributed by atoms with Crippen molar-refractivity contribution in [2.45, 2.75) is 30.2 Å².